The van der Waals surface area contributed by atoms with Crippen LogP contribution in [0.4, 0.5) is 22.7 Å². The molecule has 0 aliphatic heterocycles. The van der Waals surface area contributed by atoms with E-state index in [1.54, 1.807) is 0 Å². The molecule has 0 atom stereocenters. The van der Waals surface area contributed by atoms with Crippen LogP contribution in [0.5, 0.6) is 0 Å². The van der Waals surface area contributed by atoms with Crippen molar-refractivity contribution < 1.29 is 22.3 Å². The fraction of sp³-hybridized carbons (Fsp3) is 0.778. The van der Waals surface area contributed by atoms with Gasteiger partial charge in [-0.3, -0.25) is 0 Å². The Kier molecular flexibility index (Phi) is 4.00. The molecule has 1 aromatic heterocycles. The molecule has 18 heavy (non-hydrogen) atoms. The topological polar surface area (TPSA) is 47.0 Å². The van der Waals surface area contributed by atoms with Gasteiger partial charge in [0.25, 0.3) is 0 Å². The van der Waals surface area contributed by atoms with Gasteiger partial charge in [0.2, 0.25) is 5.13 Å². The highest BCUT2D eigenvalue weighted by atomic mass is 32.1. The SMILES string of the molecule is FC(F)C(F)(F)COCc1nsc(NC2CC2)n1. The first-order chi connectivity index (χ1) is 8.47. The predicted octanol–water partition coefficient (Wildman–Crippen LogP) is 2.53. The Hall–Kier alpha value is -0.960. The van der Waals surface area contributed by atoms with E-state index in [-0.39, 0.29) is 12.4 Å². The van der Waals surface area contributed by atoms with Gasteiger partial charge >= 0.3 is 12.3 Å². The normalized spacial score (nSPS) is 16.3. The van der Waals surface area contributed by atoms with Gasteiger partial charge in [-0.15, -0.1) is 0 Å². The largest absolute Gasteiger partial charge is 0.367 e. The maximum Gasteiger partial charge on any atom is 0.330 e. The second-order valence-electron chi connectivity index (χ2n) is 3.99. The van der Waals surface area contributed by atoms with E-state index in [1.165, 1.54) is 0 Å². The van der Waals surface area contributed by atoms with E-state index in [1.807, 2.05) is 0 Å². The van der Waals surface area contributed by atoms with Gasteiger partial charge in [-0.25, -0.2) is 13.8 Å². The van der Waals surface area contributed by atoms with Gasteiger partial charge in [0.15, 0.2) is 5.82 Å². The third kappa shape index (κ3) is 3.77. The van der Waals surface area contributed by atoms with E-state index < -0.39 is 19.0 Å². The number of rotatable bonds is 7. The van der Waals surface area contributed by atoms with Crippen LogP contribution in [0.3, 0.4) is 0 Å². The third-order valence-electron chi connectivity index (χ3n) is 2.22. The van der Waals surface area contributed by atoms with Crippen molar-refractivity contribution in [2.24, 2.45) is 0 Å². The fourth-order valence-corrected chi connectivity index (χ4v) is 1.77. The van der Waals surface area contributed by atoms with E-state index in [0.717, 1.165) is 24.4 Å². The second-order valence-corrected chi connectivity index (χ2v) is 4.74. The molecular formula is C9H11F4N3OS. The third-order valence-corrected chi connectivity index (χ3v) is 2.90. The van der Waals surface area contributed by atoms with Crippen molar-refractivity contribution in [1.82, 2.24) is 9.36 Å². The highest BCUT2D eigenvalue weighted by Gasteiger charge is 2.41. The molecule has 1 fully saturated rings. The molecule has 2 rings (SSSR count). The summed E-state index contributed by atoms with van der Waals surface area (Å²) < 4.78 is 57.0. The maximum atomic E-state index is 12.5. The molecule has 4 nitrogen and oxygen atoms in total. The number of alkyl halides is 4. The first kappa shape index (κ1) is 13.5. The van der Waals surface area contributed by atoms with Crippen molar-refractivity contribution in [2.75, 3.05) is 11.9 Å². The zero-order valence-electron chi connectivity index (χ0n) is 9.21. The number of nitrogens with zero attached hydrogens (tertiary/aromatic N) is 2. The van der Waals surface area contributed by atoms with Gasteiger partial charge in [0.1, 0.15) is 13.2 Å². The average molecular weight is 285 g/mol. The Morgan fingerprint density at radius 1 is 1.44 bits per heavy atom. The quantitative estimate of drug-likeness (QED) is 0.782. The highest BCUT2D eigenvalue weighted by molar-refractivity contribution is 7.09. The fourth-order valence-electron chi connectivity index (χ4n) is 1.11. The lowest BCUT2D eigenvalue weighted by molar-refractivity contribution is -0.168. The number of halogens is 4. The van der Waals surface area contributed by atoms with Crippen LogP contribution in [0.2, 0.25) is 0 Å². The van der Waals surface area contributed by atoms with Crippen molar-refractivity contribution in [3.63, 3.8) is 0 Å². The molecule has 0 radical (unpaired) electrons. The van der Waals surface area contributed by atoms with Crippen LogP contribution in [0.15, 0.2) is 0 Å². The Labute approximate surface area is 105 Å². The molecule has 0 unspecified atom stereocenters. The summed E-state index contributed by atoms with van der Waals surface area (Å²) in [6, 6.07) is 0.412. The van der Waals surface area contributed by atoms with Crippen LogP contribution in [0.25, 0.3) is 0 Å². The smallest absolute Gasteiger partial charge is 0.330 e. The molecule has 0 aromatic carbocycles. The molecule has 1 aliphatic carbocycles. The van der Waals surface area contributed by atoms with Gasteiger partial charge in [0, 0.05) is 17.6 Å². The molecular weight excluding hydrogens is 274 g/mol. The van der Waals surface area contributed by atoms with Crippen molar-refractivity contribution in [3.05, 3.63) is 5.82 Å². The lowest BCUT2D eigenvalue weighted by Gasteiger charge is -2.14. The Morgan fingerprint density at radius 3 is 2.78 bits per heavy atom. The van der Waals surface area contributed by atoms with Crippen LogP contribution in [-0.2, 0) is 11.3 Å². The van der Waals surface area contributed by atoms with E-state index in [9.17, 15) is 17.6 Å². The lowest BCUT2D eigenvalue weighted by Crippen LogP contribution is -2.32. The summed E-state index contributed by atoms with van der Waals surface area (Å²) in [5.74, 6) is -3.92. The van der Waals surface area contributed by atoms with Crippen LogP contribution in [-0.4, -0.2) is 34.4 Å². The van der Waals surface area contributed by atoms with Gasteiger partial charge < -0.3 is 10.1 Å². The van der Waals surface area contributed by atoms with Crippen molar-refractivity contribution in [1.29, 1.82) is 0 Å². The summed E-state index contributed by atoms with van der Waals surface area (Å²) in [5.41, 5.74) is 0. The molecule has 1 N–H and O–H groups in total. The molecule has 0 spiro atoms. The standard InChI is InChI=1S/C9H11F4N3OS/c10-7(11)9(12,13)4-17-3-6-15-8(18-16-6)14-5-1-2-5/h5,7H,1-4H2,(H,14,15,16). The summed E-state index contributed by atoms with van der Waals surface area (Å²) >= 11 is 1.09. The van der Waals surface area contributed by atoms with Gasteiger partial charge in [-0.1, -0.05) is 0 Å². The van der Waals surface area contributed by atoms with E-state index in [4.69, 9.17) is 0 Å². The summed E-state index contributed by atoms with van der Waals surface area (Å²) in [6.45, 7) is -1.64. The number of ether oxygens (including phenoxy) is 1. The Bertz CT molecular complexity index is 397. The molecule has 102 valence electrons. The number of aromatic nitrogens is 2. The molecule has 1 aliphatic rings. The van der Waals surface area contributed by atoms with Gasteiger partial charge in [-0.05, 0) is 12.8 Å². The van der Waals surface area contributed by atoms with Crippen LogP contribution in [0, 0.1) is 0 Å². The number of hydrogen-bond donors (Lipinski definition) is 1. The summed E-state index contributed by atoms with van der Waals surface area (Å²) in [4.78, 5) is 3.99. The van der Waals surface area contributed by atoms with Crippen molar-refractivity contribution in [3.8, 4) is 0 Å². The zero-order chi connectivity index (χ0) is 13.2. The number of nitrogens with one attached hydrogen (secondary N) is 1. The van der Waals surface area contributed by atoms with Gasteiger partial charge in [-0.2, -0.15) is 13.2 Å². The lowest BCUT2D eigenvalue weighted by atomic mass is 10.4. The maximum absolute atomic E-state index is 12.5. The molecule has 0 saturated heterocycles. The molecule has 0 amide bonds. The van der Waals surface area contributed by atoms with E-state index >= 15 is 0 Å². The van der Waals surface area contributed by atoms with Crippen LogP contribution in [0.1, 0.15) is 18.7 Å². The minimum Gasteiger partial charge on any atom is -0.367 e. The predicted molar refractivity (Wildman–Crippen MR) is 57.2 cm³/mol. The Morgan fingerprint density at radius 2 is 2.17 bits per heavy atom. The minimum atomic E-state index is -4.13. The molecule has 1 heterocycles. The summed E-state index contributed by atoms with van der Waals surface area (Å²) in [6.07, 6.45) is -1.58. The molecule has 9 heteroatoms. The summed E-state index contributed by atoms with van der Waals surface area (Å²) in [7, 11) is 0. The number of anilines is 1. The average Bonchev–Trinajstić information content (AvgIpc) is 2.98. The van der Waals surface area contributed by atoms with Crippen molar-refractivity contribution in [2.45, 2.75) is 37.8 Å². The zero-order valence-corrected chi connectivity index (χ0v) is 10.0. The second kappa shape index (κ2) is 5.35. The minimum absolute atomic E-state index is 0.216. The first-order valence-electron chi connectivity index (χ1n) is 5.30. The highest BCUT2D eigenvalue weighted by Crippen LogP contribution is 2.26. The van der Waals surface area contributed by atoms with Gasteiger partial charge in [0.05, 0.1) is 0 Å². The van der Waals surface area contributed by atoms with Crippen LogP contribution < -0.4 is 5.32 Å². The number of hydrogen-bond acceptors (Lipinski definition) is 5. The summed E-state index contributed by atoms with van der Waals surface area (Å²) in [5, 5.41) is 3.68. The molecule has 1 aromatic rings. The van der Waals surface area contributed by atoms with E-state index in [2.05, 4.69) is 19.4 Å². The van der Waals surface area contributed by atoms with Crippen LogP contribution >= 0.6 is 11.5 Å². The monoisotopic (exact) mass is 285 g/mol. The van der Waals surface area contributed by atoms with Crippen molar-refractivity contribution >= 4 is 16.7 Å². The first-order valence-corrected chi connectivity index (χ1v) is 6.07. The van der Waals surface area contributed by atoms with E-state index in [0.29, 0.717) is 11.2 Å². The Balaban J connectivity index is 1.74. The molecule has 0 bridgehead atoms. The molecule has 1 saturated carbocycles.